The molecule has 0 aromatic heterocycles. The Kier molecular flexibility index (Phi) is 5.96. The second kappa shape index (κ2) is 7.02. The lowest BCUT2D eigenvalue weighted by atomic mass is 10.1. The lowest BCUT2D eigenvalue weighted by Gasteiger charge is -2.14. The summed E-state index contributed by atoms with van der Waals surface area (Å²) in [5.74, 6) is 0. The summed E-state index contributed by atoms with van der Waals surface area (Å²) >= 11 is 3.45. The van der Waals surface area contributed by atoms with Crippen molar-refractivity contribution in [2.24, 2.45) is 0 Å². The minimum Gasteiger partial charge on any atom is -0.310 e. The zero-order valence-corrected chi connectivity index (χ0v) is 11.2. The fourth-order valence-corrected chi connectivity index (χ4v) is 1.83. The maximum Gasteiger partial charge on any atom is 0.0291 e. The number of hydrogen-bond acceptors (Lipinski definition) is 1. The molecular weight excluding hydrogens is 250 g/mol. The minimum atomic E-state index is 0.454. The van der Waals surface area contributed by atoms with Crippen molar-refractivity contribution in [3.05, 3.63) is 34.3 Å². The number of benzene rings is 1. The van der Waals surface area contributed by atoms with Crippen LogP contribution in [-0.2, 0) is 0 Å². The van der Waals surface area contributed by atoms with Crippen molar-refractivity contribution in [2.45, 2.75) is 39.2 Å². The summed E-state index contributed by atoms with van der Waals surface area (Å²) in [6.07, 6.45) is 3.88. The Morgan fingerprint density at radius 2 is 1.87 bits per heavy atom. The van der Waals surface area contributed by atoms with E-state index in [2.05, 4.69) is 59.4 Å². The number of nitrogens with one attached hydrogen (secondary N) is 1. The Hall–Kier alpha value is -0.340. The number of unbranched alkanes of at least 4 members (excludes halogenated alkanes) is 2. The molecular formula is C13H20BrN. The lowest BCUT2D eigenvalue weighted by molar-refractivity contribution is 0.544. The van der Waals surface area contributed by atoms with Crippen molar-refractivity contribution >= 4 is 15.9 Å². The summed E-state index contributed by atoms with van der Waals surface area (Å²) in [7, 11) is 0. The van der Waals surface area contributed by atoms with E-state index in [9.17, 15) is 0 Å². The van der Waals surface area contributed by atoms with Gasteiger partial charge in [-0.25, -0.2) is 0 Å². The summed E-state index contributed by atoms with van der Waals surface area (Å²) in [4.78, 5) is 0. The third-order valence-electron chi connectivity index (χ3n) is 2.60. The van der Waals surface area contributed by atoms with Gasteiger partial charge in [-0.15, -0.1) is 0 Å². The van der Waals surface area contributed by atoms with Gasteiger partial charge in [-0.1, -0.05) is 47.8 Å². The van der Waals surface area contributed by atoms with E-state index in [1.165, 1.54) is 24.8 Å². The lowest BCUT2D eigenvalue weighted by Crippen LogP contribution is -2.19. The van der Waals surface area contributed by atoms with Gasteiger partial charge >= 0.3 is 0 Å². The fourth-order valence-electron chi connectivity index (χ4n) is 1.56. The van der Waals surface area contributed by atoms with Crippen LogP contribution in [0.3, 0.4) is 0 Å². The highest BCUT2D eigenvalue weighted by Gasteiger charge is 2.03. The van der Waals surface area contributed by atoms with E-state index in [0.29, 0.717) is 6.04 Å². The second-order valence-electron chi connectivity index (χ2n) is 3.93. The first-order valence-electron chi connectivity index (χ1n) is 5.73. The Morgan fingerprint density at radius 1 is 1.20 bits per heavy atom. The summed E-state index contributed by atoms with van der Waals surface area (Å²) in [5, 5.41) is 3.54. The van der Waals surface area contributed by atoms with Crippen LogP contribution in [0.25, 0.3) is 0 Å². The van der Waals surface area contributed by atoms with Gasteiger partial charge in [0.25, 0.3) is 0 Å². The Morgan fingerprint density at radius 3 is 2.47 bits per heavy atom. The number of halogens is 1. The van der Waals surface area contributed by atoms with Crippen LogP contribution in [-0.4, -0.2) is 6.54 Å². The van der Waals surface area contributed by atoms with Crippen LogP contribution in [0.15, 0.2) is 28.7 Å². The smallest absolute Gasteiger partial charge is 0.0291 e. The quantitative estimate of drug-likeness (QED) is 0.760. The molecule has 0 fully saturated rings. The van der Waals surface area contributed by atoms with Crippen LogP contribution in [0.5, 0.6) is 0 Å². The molecule has 1 atom stereocenters. The molecule has 0 unspecified atom stereocenters. The van der Waals surface area contributed by atoms with E-state index in [0.717, 1.165) is 11.0 Å². The Labute approximate surface area is 101 Å². The maximum atomic E-state index is 3.54. The van der Waals surface area contributed by atoms with E-state index in [-0.39, 0.29) is 0 Å². The molecule has 0 heterocycles. The first kappa shape index (κ1) is 12.7. The average Bonchev–Trinajstić information content (AvgIpc) is 2.25. The molecule has 0 aliphatic carbocycles. The standard InChI is InChI=1S/C13H20BrN/c1-3-4-5-10-15-11(2)12-6-8-13(14)9-7-12/h6-9,11,15H,3-5,10H2,1-2H3/t11-/m1/s1. The molecule has 0 aliphatic rings. The zero-order valence-electron chi connectivity index (χ0n) is 9.59. The van der Waals surface area contributed by atoms with Gasteiger partial charge in [-0.05, 0) is 37.6 Å². The monoisotopic (exact) mass is 269 g/mol. The van der Waals surface area contributed by atoms with Crippen LogP contribution in [0.1, 0.15) is 44.7 Å². The SMILES string of the molecule is CCCCCN[C@H](C)c1ccc(Br)cc1. The Balaban J connectivity index is 2.33. The minimum absolute atomic E-state index is 0.454. The molecule has 0 saturated carbocycles. The third kappa shape index (κ3) is 4.80. The van der Waals surface area contributed by atoms with Crippen LogP contribution in [0.2, 0.25) is 0 Å². The average molecular weight is 270 g/mol. The van der Waals surface area contributed by atoms with Gasteiger partial charge in [-0.3, -0.25) is 0 Å². The molecule has 0 spiro atoms. The van der Waals surface area contributed by atoms with Crippen LogP contribution < -0.4 is 5.32 Å². The largest absolute Gasteiger partial charge is 0.310 e. The first-order valence-corrected chi connectivity index (χ1v) is 6.52. The molecule has 1 N–H and O–H groups in total. The molecule has 1 aromatic carbocycles. The van der Waals surface area contributed by atoms with E-state index >= 15 is 0 Å². The summed E-state index contributed by atoms with van der Waals surface area (Å²) in [6, 6.07) is 8.98. The van der Waals surface area contributed by atoms with Crippen molar-refractivity contribution < 1.29 is 0 Å². The van der Waals surface area contributed by atoms with Crippen molar-refractivity contribution in [1.82, 2.24) is 5.32 Å². The molecule has 2 heteroatoms. The van der Waals surface area contributed by atoms with Crippen molar-refractivity contribution in [1.29, 1.82) is 0 Å². The molecule has 15 heavy (non-hydrogen) atoms. The van der Waals surface area contributed by atoms with Crippen LogP contribution >= 0.6 is 15.9 Å². The number of hydrogen-bond donors (Lipinski definition) is 1. The van der Waals surface area contributed by atoms with Gasteiger partial charge in [0.05, 0.1) is 0 Å². The molecule has 1 rings (SSSR count). The molecule has 0 saturated heterocycles. The van der Waals surface area contributed by atoms with E-state index < -0.39 is 0 Å². The highest BCUT2D eigenvalue weighted by molar-refractivity contribution is 9.10. The van der Waals surface area contributed by atoms with Crippen LogP contribution in [0.4, 0.5) is 0 Å². The van der Waals surface area contributed by atoms with E-state index in [1.807, 2.05) is 0 Å². The van der Waals surface area contributed by atoms with E-state index in [1.54, 1.807) is 0 Å². The summed E-state index contributed by atoms with van der Waals surface area (Å²) in [5.41, 5.74) is 1.36. The van der Waals surface area contributed by atoms with Gasteiger partial charge in [0.1, 0.15) is 0 Å². The predicted molar refractivity (Wildman–Crippen MR) is 70.1 cm³/mol. The first-order chi connectivity index (χ1) is 7.24. The maximum absolute atomic E-state index is 3.54. The second-order valence-corrected chi connectivity index (χ2v) is 4.85. The van der Waals surface area contributed by atoms with Crippen molar-refractivity contribution in [2.75, 3.05) is 6.54 Å². The molecule has 0 bridgehead atoms. The summed E-state index contributed by atoms with van der Waals surface area (Å²) in [6.45, 7) is 5.57. The highest BCUT2D eigenvalue weighted by Crippen LogP contribution is 2.16. The Bertz CT molecular complexity index is 268. The van der Waals surface area contributed by atoms with Crippen LogP contribution in [0, 0.1) is 0 Å². The fraction of sp³-hybridized carbons (Fsp3) is 0.538. The third-order valence-corrected chi connectivity index (χ3v) is 3.13. The molecule has 1 nitrogen and oxygen atoms in total. The number of rotatable bonds is 6. The highest BCUT2D eigenvalue weighted by atomic mass is 79.9. The van der Waals surface area contributed by atoms with E-state index in [4.69, 9.17) is 0 Å². The van der Waals surface area contributed by atoms with Crippen molar-refractivity contribution in [3.8, 4) is 0 Å². The molecule has 0 aliphatic heterocycles. The molecule has 0 amide bonds. The van der Waals surface area contributed by atoms with Gasteiger partial charge in [0.2, 0.25) is 0 Å². The molecule has 84 valence electrons. The van der Waals surface area contributed by atoms with Crippen molar-refractivity contribution in [3.63, 3.8) is 0 Å². The molecule has 1 aromatic rings. The van der Waals surface area contributed by atoms with Gasteiger partial charge in [0, 0.05) is 10.5 Å². The zero-order chi connectivity index (χ0) is 11.1. The van der Waals surface area contributed by atoms with Gasteiger partial charge in [0.15, 0.2) is 0 Å². The normalized spacial score (nSPS) is 12.7. The topological polar surface area (TPSA) is 12.0 Å². The molecule has 0 radical (unpaired) electrons. The van der Waals surface area contributed by atoms with Gasteiger partial charge in [-0.2, -0.15) is 0 Å². The predicted octanol–water partition coefficient (Wildman–Crippen LogP) is 4.29. The summed E-state index contributed by atoms with van der Waals surface area (Å²) < 4.78 is 1.14. The van der Waals surface area contributed by atoms with Gasteiger partial charge < -0.3 is 5.32 Å².